The van der Waals surface area contributed by atoms with E-state index in [1.165, 1.54) is 4.90 Å². The van der Waals surface area contributed by atoms with Crippen LogP contribution in [0.1, 0.15) is 16.8 Å². The van der Waals surface area contributed by atoms with Gasteiger partial charge in [0.05, 0.1) is 5.56 Å². The van der Waals surface area contributed by atoms with Crippen molar-refractivity contribution in [3.05, 3.63) is 23.8 Å². The van der Waals surface area contributed by atoms with Crippen LogP contribution in [0, 0.1) is 0 Å². The van der Waals surface area contributed by atoms with Crippen LogP contribution in [-0.4, -0.2) is 35.4 Å². The highest BCUT2D eigenvalue weighted by atomic mass is 19.4. The van der Waals surface area contributed by atoms with Gasteiger partial charge in [0, 0.05) is 19.2 Å². The zero-order valence-electron chi connectivity index (χ0n) is 9.20. The number of ether oxygens (including phenoxy) is 1. The molecule has 1 saturated heterocycles. The summed E-state index contributed by atoms with van der Waals surface area (Å²) in [4.78, 5) is 13.3. The van der Waals surface area contributed by atoms with Crippen molar-refractivity contribution in [1.82, 2.24) is 4.90 Å². The number of hydrogen-bond donors (Lipinski definition) is 1. The first kappa shape index (κ1) is 12.5. The maximum absolute atomic E-state index is 12.2. The Morgan fingerprint density at radius 3 is 2.50 bits per heavy atom. The number of phenolic OH excluding ortho intramolecular Hbond substituents is 1. The Balaban J connectivity index is 2.30. The lowest BCUT2D eigenvalue weighted by molar-refractivity contribution is -0.274. The molecule has 1 amide bonds. The van der Waals surface area contributed by atoms with Crippen molar-refractivity contribution < 1.29 is 27.8 Å². The van der Waals surface area contributed by atoms with Gasteiger partial charge >= 0.3 is 6.36 Å². The average Bonchev–Trinajstić information content (AvgIpc) is 2.11. The van der Waals surface area contributed by atoms with Crippen LogP contribution in [0.5, 0.6) is 11.5 Å². The fourth-order valence-corrected chi connectivity index (χ4v) is 1.59. The molecule has 7 heteroatoms. The van der Waals surface area contributed by atoms with E-state index in [0.29, 0.717) is 13.1 Å². The molecule has 0 unspecified atom stereocenters. The molecule has 1 aromatic rings. The number of nitrogens with zero attached hydrogens (tertiary/aromatic N) is 1. The number of aromatic hydroxyl groups is 1. The summed E-state index contributed by atoms with van der Waals surface area (Å²) in [7, 11) is 0. The normalized spacial score (nSPS) is 15.2. The van der Waals surface area contributed by atoms with E-state index in [9.17, 15) is 18.0 Å². The molecule has 0 aromatic heterocycles. The summed E-state index contributed by atoms with van der Waals surface area (Å²) < 4.78 is 40.3. The third-order valence-corrected chi connectivity index (χ3v) is 2.56. The van der Waals surface area contributed by atoms with Crippen molar-refractivity contribution in [3.8, 4) is 11.5 Å². The number of benzene rings is 1. The van der Waals surface area contributed by atoms with Crippen LogP contribution in [0.4, 0.5) is 13.2 Å². The van der Waals surface area contributed by atoms with Gasteiger partial charge in [-0.05, 0) is 18.6 Å². The molecule has 18 heavy (non-hydrogen) atoms. The van der Waals surface area contributed by atoms with Gasteiger partial charge < -0.3 is 14.7 Å². The second-order valence-corrected chi connectivity index (χ2v) is 3.87. The van der Waals surface area contributed by atoms with Crippen molar-refractivity contribution in [2.24, 2.45) is 0 Å². The van der Waals surface area contributed by atoms with Crippen LogP contribution >= 0.6 is 0 Å². The van der Waals surface area contributed by atoms with Crippen LogP contribution < -0.4 is 4.74 Å². The quantitative estimate of drug-likeness (QED) is 0.887. The average molecular weight is 261 g/mol. The zero-order chi connectivity index (χ0) is 13.3. The van der Waals surface area contributed by atoms with Gasteiger partial charge in [-0.2, -0.15) is 0 Å². The summed E-state index contributed by atoms with van der Waals surface area (Å²) in [6.07, 6.45) is -4.07. The summed E-state index contributed by atoms with van der Waals surface area (Å²) in [6, 6.07) is 3.05. The largest absolute Gasteiger partial charge is 0.573 e. The van der Waals surface area contributed by atoms with E-state index in [0.717, 1.165) is 24.6 Å². The van der Waals surface area contributed by atoms with Gasteiger partial charge in [-0.15, -0.1) is 13.2 Å². The smallest absolute Gasteiger partial charge is 0.508 e. The number of hydrogen-bond acceptors (Lipinski definition) is 3. The van der Waals surface area contributed by atoms with Crippen molar-refractivity contribution in [1.29, 1.82) is 0 Å². The number of alkyl halides is 3. The summed E-state index contributed by atoms with van der Waals surface area (Å²) in [5.41, 5.74) is -0.204. The maximum Gasteiger partial charge on any atom is 0.573 e. The van der Waals surface area contributed by atoms with Gasteiger partial charge in [-0.25, -0.2) is 0 Å². The van der Waals surface area contributed by atoms with E-state index in [2.05, 4.69) is 4.74 Å². The molecular formula is C11H10F3NO3. The minimum Gasteiger partial charge on any atom is -0.508 e. The van der Waals surface area contributed by atoms with Gasteiger partial charge in [0.15, 0.2) is 0 Å². The van der Waals surface area contributed by atoms with Gasteiger partial charge in [0.1, 0.15) is 11.5 Å². The van der Waals surface area contributed by atoms with Gasteiger partial charge in [-0.3, -0.25) is 4.79 Å². The van der Waals surface area contributed by atoms with Crippen molar-refractivity contribution >= 4 is 5.91 Å². The van der Waals surface area contributed by atoms with Crippen LogP contribution in [0.15, 0.2) is 18.2 Å². The number of carbonyl (C=O) groups is 1. The molecule has 1 aliphatic rings. The van der Waals surface area contributed by atoms with Gasteiger partial charge in [-0.1, -0.05) is 0 Å². The molecule has 4 nitrogen and oxygen atoms in total. The third kappa shape index (κ3) is 2.66. The minimum atomic E-state index is -4.90. The molecule has 1 heterocycles. The fourth-order valence-electron chi connectivity index (χ4n) is 1.59. The molecule has 1 aromatic carbocycles. The Hall–Kier alpha value is -1.92. The first-order valence-electron chi connectivity index (χ1n) is 5.25. The fraction of sp³-hybridized carbons (Fsp3) is 0.364. The molecule has 0 radical (unpaired) electrons. The highest BCUT2D eigenvalue weighted by molar-refractivity contribution is 5.97. The number of carbonyl (C=O) groups excluding carboxylic acids is 1. The Labute approximate surface area is 101 Å². The number of rotatable bonds is 2. The zero-order valence-corrected chi connectivity index (χ0v) is 9.20. The van der Waals surface area contributed by atoms with Crippen LogP contribution in [-0.2, 0) is 0 Å². The Morgan fingerprint density at radius 2 is 2.00 bits per heavy atom. The van der Waals surface area contributed by atoms with E-state index < -0.39 is 23.8 Å². The van der Waals surface area contributed by atoms with Crippen LogP contribution in [0.25, 0.3) is 0 Å². The molecule has 0 bridgehead atoms. The predicted molar refractivity (Wildman–Crippen MR) is 55.3 cm³/mol. The molecule has 2 rings (SSSR count). The maximum atomic E-state index is 12.2. The number of halogens is 3. The molecule has 98 valence electrons. The molecule has 0 atom stereocenters. The minimum absolute atomic E-state index is 0.204. The van der Waals surface area contributed by atoms with Gasteiger partial charge in [0.25, 0.3) is 5.91 Å². The van der Waals surface area contributed by atoms with Crippen LogP contribution in [0.2, 0.25) is 0 Å². The first-order chi connectivity index (χ1) is 8.37. The van der Waals surface area contributed by atoms with E-state index in [1.54, 1.807) is 0 Å². The third-order valence-electron chi connectivity index (χ3n) is 2.56. The van der Waals surface area contributed by atoms with E-state index in [4.69, 9.17) is 5.11 Å². The summed E-state index contributed by atoms with van der Waals surface area (Å²) in [5.74, 6) is -1.60. The van der Waals surface area contributed by atoms with E-state index in [1.807, 2.05) is 0 Å². The van der Waals surface area contributed by atoms with Crippen molar-refractivity contribution in [3.63, 3.8) is 0 Å². The van der Waals surface area contributed by atoms with Gasteiger partial charge in [0.2, 0.25) is 0 Å². The molecule has 0 spiro atoms. The highest BCUT2D eigenvalue weighted by Gasteiger charge is 2.34. The second-order valence-electron chi connectivity index (χ2n) is 3.87. The van der Waals surface area contributed by atoms with E-state index in [-0.39, 0.29) is 5.56 Å². The monoisotopic (exact) mass is 261 g/mol. The summed E-state index contributed by atoms with van der Waals surface area (Å²) in [6.45, 7) is 1.04. The number of amides is 1. The number of likely N-dealkylation sites (tertiary alicyclic amines) is 1. The molecule has 1 aliphatic heterocycles. The molecule has 0 aliphatic carbocycles. The highest BCUT2D eigenvalue weighted by Crippen LogP contribution is 2.31. The summed E-state index contributed by atoms with van der Waals surface area (Å²) >= 11 is 0. The van der Waals surface area contributed by atoms with Crippen molar-refractivity contribution in [2.45, 2.75) is 12.8 Å². The standard InChI is InChI=1S/C11H10F3NO3/c12-11(13,14)18-9-6-7(16)2-3-8(9)10(17)15-4-1-5-15/h2-3,6,16H,1,4-5H2. The van der Waals surface area contributed by atoms with Crippen LogP contribution in [0.3, 0.4) is 0 Å². The summed E-state index contributed by atoms with van der Waals surface area (Å²) in [5, 5.41) is 9.15. The van der Waals surface area contributed by atoms with Crippen molar-refractivity contribution in [2.75, 3.05) is 13.1 Å². The predicted octanol–water partition coefficient (Wildman–Crippen LogP) is 2.14. The molecule has 0 saturated carbocycles. The Bertz CT molecular complexity index is 469. The lowest BCUT2D eigenvalue weighted by Gasteiger charge is -2.31. The lowest BCUT2D eigenvalue weighted by Crippen LogP contribution is -2.42. The molecule has 1 fully saturated rings. The molecule has 1 N–H and O–H groups in total. The van der Waals surface area contributed by atoms with E-state index >= 15 is 0 Å². The first-order valence-corrected chi connectivity index (χ1v) is 5.25. The SMILES string of the molecule is O=C(c1ccc(O)cc1OC(F)(F)F)N1CCC1. The Kier molecular flexibility index (Phi) is 3.06. The topological polar surface area (TPSA) is 49.8 Å². The second kappa shape index (κ2) is 4.40. The lowest BCUT2D eigenvalue weighted by atomic mass is 10.1. The Morgan fingerprint density at radius 1 is 1.33 bits per heavy atom. The number of phenols is 1. The molecular weight excluding hydrogens is 251 g/mol.